The highest BCUT2D eigenvalue weighted by Crippen LogP contribution is 2.28. The molecule has 0 bridgehead atoms. The quantitative estimate of drug-likeness (QED) is 0.753. The van der Waals surface area contributed by atoms with E-state index in [4.69, 9.17) is 4.74 Å². The van der Waals surface area contributed by atoms with Crippen molar-refractivity contribution in [2.75, 3.05) is 0 Å². The van der Waals surface area contributed by atoms with Crippen LogP contribution in [-0.4, -0.2) is 6.10 Å². The summed E-state index contributed by atoms with van der Waals surface area (Å²) < 4.78 is 6.78. The fraction of sp³-hybridized carbons (Fsp3) is 0.400. The SMILES string of the molecule is Cc1cc(OC2CC2)ccc1Br. The molecule has 0 spiro atoms. The molecule has 0 unspecified atom stereocenters. The van der Waals surface area contributed by atoms with E-state index >= 15 is 0 Å². The van der Waals surface area contributed by atoms with Crippen molar-refractivity contribution in [1.82, 2.24) is 0 Å². The van der Waals surface area contributed by atoms with E-state index in [1.807, 2.05) is 12.1 Å². The van der Waals surface area contributed by atoms with Crippen molar-refractivity contribution in [2.45, 2.75) is 25.9 Å². The van der Waals surface area contributed by atoms with E-state index in [0.717, 1.165) is 10.2 Å². The van der Waals surface area contributed by atoms with E-state index in [2.05, 4.69) is 28.9 Å². The van der Waals surface area contributed by atoms with Crippen molar-refractivity contribution in [3.63, 3.8) is 0 Å². The topological polar surface area (TPSA) is 9.23 Å². The zero-order chi connectivity index (χ0) is 8.55. The average molecular weight is 227 g/mol. The van der Waals surface area contributed by atoms with Gasteiger partial charge in [0.15, 0.2) is 0 Å². The predicted molar refractivity (Wildman–Crippen MR) is 52.5 cm³/mol. The lowest BCUT2D eigenvalue weighted by Crippen LogP contribution is -1.95. The third kappa shape index (κ3) is 1.81. The molecule has 0 radical (unpaired) electrons. The molecule has 1 aliphatic rings. The Bertz CT molecular complexity index is 292. The Kier molecular flexibility index (Phi) is 2.09. The van der Waals surface area contributed by atoms with Gasteiger partial charge >= 0.3 is 0 Å². The van der Waals surface area contributed by atoms with Crippen LogP contribution in [0.5, 0.6) is 5.75 Å². The first kappa shape index (κ1) is 8.11. The molecule has 64 valence electrons. The molecule has 1 saturated carbocycles. The van der Waals surface area contributed by atoms with Gasteiger partial charge in [-0.3, -0.25) is 0 Å². The van der Waals surface area contributed by atoms with Gasteiger partial charge < -0.3 is 4.74 Å². The Morgan fingerprint density at radius 1 is 1.42 bits per heavy atom. The summed E-state index contributed by atoms with van der Waals surface area (Å²) >= 11 is 3.46. The van der Waals surface area contributed by atoms with Crippen LogP contribution in [0.3, 0.4) is 0 Å². The van der Waals surface area contributed by atoms with Crippen molar-refractivity contribution < 1.29 is 4.74 Å². The molecule has 0 atom stereocenters. The molecule has 1 fully saturated rings. The molecule has 12 heavy (non-hydrogen) atoms. The number of ether oxygens (including phenoxy) is 1. The molecule has 2 rings (SSSR count). The number of aryl methyl sites for hydroxylation is 1. The number of benzene rings is 1. The number of halogens is 1. The van der Waals surface area contributed by atoms with E-state index < -0.39 is 0 Å². The van der Waals surface area contributed by atoms with Crippen LogP contribution in [0.4, 0.5) is 0 Å². The van der Waals surface area contributed by atoms with Crippen LogP contribution in [0.2, 0.25) is 0 Å². The monoisotopic (exact) mass is 226 g/mol. The summed E-state index contributed by atoms with van der Waals surface area (Å²) in [5.41, 5.74) is 1.23. The lowest BCUT2D eigenvalue weighted by atomic mass is 10.2. The number of hydrogen-bond acceptors (Lipinski definition) is 1. The minimum Gasteiger partial charge on any atom is -0.490 e. The van der Waals surface area contributed by atoms with Crippen molar-refractivity contribution >= 4 is 15.9 Å². The standard InChI is InChI=1S/C10H11BrO/c1-7-6-9(4-5-10(7)11)12-8-2-3-8/h4-6,8H,2-3H2,1H3. The Hall–Kier alpha value is -0.500. The highest BCUT2D eigenvalue weighted by molar-refractivity contribution is 9.10. The number of hydrogen-bond donors (Lipinski definition) is 0. The number of rotatable bonds is 2. The summed E-state index contributed by atoms with van der Waals surface area (Å²) in [6, 6.07) is 6.12. The second-order valence-electron chi connectivity index (χ2n) is 3.23. The maximum Gasteiger partial charge on any atom is 0.120 e. The molecule has 0 aromatic heterocycles. The van der Waals surface area contributed by atoms with Crippen molar-refractivity contribution in [3.8, 4) is 5.75 Å². The third-order valence-corrected chi connectivity index (χ3v) is 2.85. The molecule has 1 aromatic carbocycles. The van der Waals surface area contributed by atoms with Gasteiger partial charge in [-0.1, -0.05) is 15.9 Å². The van der Waals surface area contributed by atoms with Gasteiger partial charge in [-0.15, -0.1) is 0 Å². The first-order valence-electron chi connectivity index (χ1n) is 4.18. The predicted octanol–water partition coefficient (Wildman–Crippen LogP) is 3.30. The molecule has 1 aliphatic carbocycles. The third-order valence-electron chi connectivity index (χ3n) is 1.96. The second kappa shape index (κ2) is 3.09. The summed E-state index contributed by atoms with van der Waals surface area (Å²) in [6.45, 7) is 2.07. The van der Waals surface area contributed by atoms with E-state index in [-0.39, 0.29) is 0 Å². The van der Waals surface area contributed by atoms with Crippen LogP contribution in [0.25, 0.3) is 0 Å². The second-order valence-corrected chi connectivity index (χ2v) is 4.08. The molecule has 1 nitrogen and oxygen atoms in total. The van der Waals surface area contributed by atoms with Crippen LogP contribution >= 0.6 is 15.9 Å². The lowest BCUT2D eigenvalue weighted by Gasteiger charge is -2.05. The molecule has 0 saturated heterocycles. The highest BCUT2D eigenvalue weighted by atomic mass is 79.9. The summed E-state index contributed by atoms with van der Waals surface area (Å²) in [7, 11) is 0. The smallest absolute Gasteiger partial charge is 0.120 e. The molecule has 2 heteroatoms. The fourth-order valence-corrected chi connectivity index (χ4v) is 1.32. The van der Waals surface area contributed by atoms with Crippen molar-refractivity contribution in [1.29, 1.82) is 0 Å². The Balaban J connectivity index is 2.15. The van der Waals surface area contributed by atoms with E-state index in [0.29, 0.717) is 6.10 Å². The van der Waals surface area contributed by atoms with Crippen molar-refractivity contribution in [3.05, 3.63) is 28.2 Å². The average Bonchev–Trinajstić information content (AvgIpc) is 2.81. The summed E-state index contributed by atoms with van der Waals surface area (Å²) in [5, 5.41) is 0. The van der Waals surface area contributed by atoms with Gasteiger partial charge in [0.05, 0.1) is 6.10 Å². The zero-order valence-corrected chi connectivity index (χ0v) is 8.60. The first-order chi connectivity index (χ1) is 5.75. The Morgan fingerprint density at radius 3 is 2.75 bits per heavy atom. The van der Waals surface area contributed by atoms with Gasteiger partial charge in [0.1, 0.15) is 5.75 Å². The molecule has 0 N–H and O–H groups in total. The maximum atomic E-state index is 5.64. The molecular weight excluding hydrogens is 216 g/mol. The largest absolute Gasteiger partial charge is 0.490 e. The summed E-state index contributed by atoms with van der Waals surface area (Å²) in [6.07, 6.45) is 2.93. The van der Waals surface area contributed by atoms with Crippen LogP contribution in [0.1, 0.15) is 18.4 Å². The zero-order valence-electron chi connectivity index (χ0n) is 7.01. The maximum absolute atomic E-state index is 5.64. The Labute approximate surface area is 80.9 Å². The van der Waals surface area contributed by atoms with Gasteiger partial charge in [0.2, 0.25) is 0 Å². The van der Waals surface area contributed by atoms with Gasteiger partial charge in [0.25, 0.3) is 0 Å². The van der Waals surface area contributed by atoms with Crippen LogP contribution in [-0.2, 0) is 0 Å². The van der Waals surface area contributed by atoms with E-state index in [1.54, 1.807) is 0 Å². The molecular formula is C10H11BrO. The van der Waals surface area contributed by atoms with E-state index in [9.17, 15) is 0 Å². The van der Waals surface area contributed by atoms with Gasteiger partial charge in [-0.25, -0.2) is 0 Å². The van der Waals surface area contributed by atoms with Crippen LogP contribution in [0, 0.1) is 6.92 Å². The van der Waals surface area contributed by atoms with Gasteiger partial charge in [-0.2, -0.15) is 0 Å². The molecule has 0 amide bonds. The minimum atomic E-state index is 0.491. The van der Waals surface area contributed by atoms with Crippen LogP contribution in [0.15, 0.2) is 22.7 Å². The molecule has 1 aromatic rings. The van der Waals surface area contributed by atoms with Gasteiger partial charge in [-0.05, 0) is 43.5 Å². The van der Waals surface area contributed by atoms with E-state index in [1.165, 1.54) is 18.4 Å². The van der Waals surface area contributed by atoms with Gasteiger partial charge in [0, 0.05) is 4.47 Å². The fourth-order valence-electron chi connectivity index (χ4n) is 1.07. The van der Waals surface area contributed by atoms with Crippen molar-refractivity contribution in [2.24, 2.45) is 0 Å². The highest BCUT2D eigenvalue weighted by Gasteiger charge is 2.23. The summed E-state index contributed by atoms with van der Waals surface area (Å²) in [4.78, 5) is 0. The first-order valence-corrected chi connectivity index (χ1v) is 4.98. The molecule has 0 aliphatic heterocycles. The minimum absolute atomic E-state index is 0.491. The molecule has 0 heterocycles. The normalized spacial score (nSPS) is 16.2. The Morgan fingerprint density at radius 2 is 2.17 bits per heavy atom. The summed E-state index contributed by atoms with van der Waals surface area (Å²) in [5.74, 6) is 0.998. The lowest BCUT2D eigenvalue weighted by molar-refractivity contribution is 0.303. The van der Waals surface area contributed by atoms with Crippen LogP contribution < -0.4 is 4.74 Å².